The SMILES string of the molecule is Cn1cc(C(O)c2ccc(Cl)cc2Cl)cn1. The summed E-state index contributed by atoms with van der Waals surface area (Å²) >= 11 is 11.8. The van der Waals surface area contributed by atoms with E-state index in [1.54, 1.807) is 42.3 Å². The van der Waals surface area contributed by atoms with Gasteiger partial charge in [-0.25, -0.2) is 0 Å². The molecular weight excluding hydrogens is 247 g/mol. The van der Waals surface area contributed by atoms with Crippen LogP contribution in [0, 0.1) is 0 Å². The molecule has 1 N–H and O–H groups in total. The summed E-state index contributed by atoms with van der Waals surface area (Å²) in [5, 5.41) is 15.1. The molecule has 1 atom stereocenters. The molecular formula is C11H10Cl2N2O. The predicted octanol–water partition coefficient (Wildman–Crippen LogP) is 2.81. The summed E-state index contributed by atoms with van der Waals surface area (Å²) in [4.78, 5) is 0. The van der Waals surface area contributed by atoms with Gasteiger partial charge < -0.3 is 5.11 Å². The molecule has 16 heavy (non-hydrogen) atoms. The van der Waals surface area contributed by atoms with Gasteiger partial charge in [0.1, 0.15) is 6.10 Å². The number of hydrogen-bond donors (Lipinski definition) is 1. The monoisotopic (exact) mass is 256 g/mol. The van der Waals surface area contributed by atoms with Crippen molar-refractivity contribution in [1.29, 1.82) is 0 Å². The molecule has 3 nitrogen and oxygen atoms in total. The van der Waals surface area contributed by atoms with Crippen LogP contribution in [-0.4, -0.2) is 14.9 Å². The van der Waals surface area contributed by atoms with E-state index in [0.29, 0.717) is 21.2 Å². The Hall–Kier alpha value is -1.03. The predicted molar refractivity (Wildman–Crippen MR) is 63.7 cm³/mol. The Balaban J connectivity index is 2.37. The minimum absolute atomic E-state index is 0.448. The largest absolute Gasteiger partial charge is 0.383 e. The summed E-state index contributed by atoms with van der Waals surface area (Å²) < 4.78 is 1.63. The molecule has 84 valence electrons. The van der Waals surface area contributed by atoms with Crippen LogP contribution in [0.15, 0.2) is 30.6 Å². The van der Waals surface area contributed by atoms with Crippen molar-refractivity contribution in [3.8, 4) is 0 Å². The normalized spacial score (nSPS) is 12.8. The van der Waals surface area contributed by atoms with Gasteiger partial charge in [0.2, 0.25) is 0 Å². The highest BCUT2D eigenvalue weighted by Crippen LogP contribution is 2.29. The maximum Gasteiger partial charge on any atom is 0.109 e. The van der Waals surface area contributed by atoms with Crippen molar-refractivity contribution in [1.82, 2.24) is 9.78 Å². The number of nitrogens with zero attached hydrogens (tertiary/aromatic N) is 2. The van der Waals surface area contributed by atoms with Gasteiger partial charge in [-0.3, -0.25) is 4.68 Å². The lowest BCUT2D eigenvalue weighted by molar-refractivity contribution is 0.220. The molecule has 0 saturated carbocycles. The average molecular weight is 257 g/mol. The third-order valence-electron chi connectivity index (χ3n) is 2.30. The lowest BCUT2D eigenvalue weighted by atomic mass is 10.1. The lowest BCUT2D eigenvalue weighted by Crippen LogP contribution is -1.99. The summed E-state index contributed by atoms with van der Waals surface area (Å²) in [5.41, 5.74) is 1.32. The first-order valence-corrected chi connectivity index (χ1v) is 5.45. The Kier molecular flexibility index (Phi) is 3.19. The van der Waals surface area contributed by atoms with Crippen molar-refractivity contribution >= 4 is 23.2 Å². The fourth-order valence-corrected chi connectivity index (χ4v) is 2.00. The highest BCUT2D eigenvalue weighted by atomic mass is 35.5. The number of aliphatic hydroxyl groups excluding tert-OH is 1. The van der Waals surface area contributed by atoms with Crippen LogP contribution in [-0.2, 0) is 7.05 Å². The molecule has 0 amide bonds. The average Bonchev–Trinajstić information content (AvgIpc) is 2.64. The van der Waals surface area contributed by atoms with Crippen LogP contribution in [0.25, 0.3) is 0 Å². The fourth-order valence-electron chi connectivity index (χ4n) is 1.48. The van der Waals surface area contributed by atoms with Crippen LogP contribution in [0.3, 0.4) is 0 Å². The van der Waals surface area contributed by atoms with E-state index in [9.17, 15) is 5.11 Å². The van der Waals surface area contributed by atoms with Crippen molar-refractivity contribution in [2.45, 2.75) is 6.10 Å². The maximum absolute atomic E-state index is 10.1. The van der Waals surface area contributed by atoms with Gasteiger partial charge in [0.15, 0.2) is 0 Å². The Bertz CT molecular complexity index is 510. The minimum Gasteiger partial charge on any atom is -0.383 e. The van der Waals surface area contributed by atoms with Gasteiger partial charge in [-0.05, 0) is 12.1 Å². The zero-order chi connectivity index (χ0) is 11.7. The van der Waals surface area contributed by atoms with E-state index in [0.717, 1.165) is 0 Å². The van der Waals surface area contributed by atoms with Crippen LogP contribution < -0.4 is 0 Å². The van der Waals surface area contributed by atoms with Crippen molar-refractivity contribution in [2.75, 3.05) is 0 Å². The molecule has 1 unspecified atom stereocenters. The number of rotatable bonds is 2. The topological polar surface area (TPSA) is 38.0 Å². The second-order valence-electron chi connectivity index (χ2n) is 3.52. The Morgan fingerprint density at radius 3 is 2.69 bits per heavy atom. The number of aryl methyl sites for hydroxylation is 1. The Labute approximate surface area is 103 Å². The second kappa shape index (κ2) is 4.45. The smallest absolute Gasteiger partial charge is 0.109 e. The van der Waals surface area contributed by atoms with E-state index in [1.165, 1.54) is 0 Å². The highest BCUT2D eigenvalue weighted by molar-refractivity contribution is 6.35. The maximum atomic E-state index is 10.1. The standard InChI is InChI=1S/C11H10Cl2N2O/c1-15-6-7(5-14-15)11(16)9-3-2-8(12)4-10(9)13/h2-6,11,16H,1H3. The van der Waals surface area contributed by atoms with Crippen molar-refractivity contribution in [3.63, 3.8) is 0 Å². The summed E-state index contributed by atoms with van der Waals surface area (Å²) in [5.74, 6) is 0. The van der Waals surface area contributed by atoms with Crippen LogP contribution in [0.2, 0.25) is 10.0 Å². The third-order valence-corrected chi connectivity index (χ3v) is 2.86. The van der Waals surface area contributed by atoms with E-state index in [-0.39, 0.29) is 0 Å². The molecule has 2 rings (SSSR count). The number of aliphatic hydroxyl groups is 1. The minimum atomic E-state index is -0.779. The lowest BCUT2D eigenvalue weighted by Gasteiger charge is -2.10. The summed E-state index contributed by atoms with van der Waals surface area (Å²) in [6, 6.07) is 5.02. The second-order valence-corrected chi connectivity index (χ2v) is 4.36. The van der Waals surface area contributed by atoms with Gasteiger partial charge in [0.05, 0.1) is 6.20 Å². The number of hydrogen-bond acceptors (Lipinski definition) is 2. The molecule has 0 bridgehead atoms. The number of aromatic nitrogens is 2. The molecule has 0 aliphatic heterocycles. The zero-order valence-corrected chi connectivity index (χ0v) is 10.1. The molecule has 5 heteroatoms. The van der Waals surface area contributed by atoms with Crippen molar-refractivity contribution in [3.05, 3.63) is 51.8 Å². The zero-order valence-electron chi connectivity index (χ0n) is 8.56. The quantitative estimate of drug-likeness (QED) is 0.898. The molecule has 1 aromatic carbocycles. The molecule has 0 aliphatic rings. The number of halogens is 2. The third kappa shape index (κ3) is 2.21. The molecule has 0 fully saturated rings. The molecule has 0 spiro atoms. The molecule has 1 aromatic heterocycles. The van der Waals surface area contributed by atoms with Crippen LogP contribution in [0.1, 0.15) is 17.2 Å². The molecule has 1 heterocycles. The van der Waals surface area contributed by atoms with E-state index >= 15 is 0 Å². The van der Waals surface area contributed by atoms with E-state index in [2.05, 4.69) is 5.10 Å². The first kappa shape index (κ1) is 11.5. The van der Waals surface area contributed by atoms with Crippen LogP contribution in [0.5, 0.6) is 0 Å². The summed E-state index contributed by atoms with van der Waals surface area (Å²) in [6.45, 7) is 0. The van der Waals surface area contributed by atoms with E-state index < -0.39 is 6.10 Å². The first-order valence-electron chi connectivity index (χ1n) is 4.69. The van der Waals surface area contributed by atoms with Gasteiger partial charge >= 0.3 is 0 Å². The van der Waals surface area contributed by atoms with Gasteiger partial charge in [-0.15, -0.1) is 0 Å². The van der Waals surface area contributed by atoms with Gasteiger partial charge in [0, 0.05) is 34.4 Å². The van der Waals surface area contributed by atoms with Crippen molar-refractivity contribution < 1.29 is 5.11 Å². The van der Waals surface area contributed by atoms with Crippen LogP contribution >= 0.6 is 23.2 Å². The summed E-state index contributed by atoms with van der Waals surface area (Å²) in [6.07, 6.45) is 2.57. The Morgan fingerprint density at radius 1 is 1.38 bits per heavy atom. The molecule has 2 aromatic rings. The number of benzene rings is 1. The molecule has 0 radical (unpaired) electrons. The van der Waals surface area contributed by atoms with Crippen LogP contribution in [0.4, 0.5) is 0 Å². The van der Waals surface area contributed by atoms with Gasteiger partial charge in [-0.1, -0.05) is 29.3 Å². The Morgan fingerprint density at radius 2 is 2.12 bits per heavy atom. The molecule has 0 saturated heterocycles. The van der Waals surface area contributed by atoms with Gasteiger partial charge in [-0.2, -0.15) is 5.10 Å². The highest BCUT2D eigenvalue weighted by Gasteiger charge is 2.15. The summed E-state index contributed by atoms with van der Waals surface area (Å²) in [7, 11) is 1.79. The van der Waals surface area contributed by atoms with Gasteiger partial charge in [0.25, 0.3) is 0 Å². The molecule has 0 aliphatic carbocycles. The van der Waals surface area contributed by atoms with E-state index in [1.807, 2.05) is 0 Å². The fraction of sp³-hybridized carbons (Fsp3) is 0.182. The van der Waals surface area contributed by atoms with Crippen molar-refractivity contribution in [2.24, 2.45) is 7.05 Å². The first-order chi connectivity index (χ1) is 7.58. The van der Waals surface area contributed by atoms with E-state index in [4.69, 9.17) is 23.2 Å².